The van der Waals surface area contributed by atoms with Crippen LogP contribution in [-0.4, -0.2) is 25.7 Å². The first-order valence-corrected chi connectivity index (χ1v) is 6.80. The molecule has 1 aromatic carbocycles. The maximum absolute atomic E-state index is 13.8. The molecule has 0 spiro atoms. The summed E-state index contributed by atoms with van der Waals surface area (Å²) in [7, 11) is 1.34. The van der Waals surface area contributed by atoms with Gasteiger partial charge in [-0.2, -0.15) is 0 Å². The number of halogens is 1. The van der Waals surface area contributed by atoms with E-state index in [1.807, 2.05) is 13.0 Å². The number of carbonyl (C=O) groups excluding carboxylic acids is 1. The van der Waals surface area contributed by atoms with Gasteiger partial charge in [0.15, 0.2) is 11.6 Å². The summed E-state index contributed by atoms with van der Waals surface area (Å²) in [5.41, 5.74) is 6.70. The molecule has 0 saturated carbocycles. The monoisotopic (exact) mass is 283 g/mol. The molecule has 1 atom stereocenters. The standard InChI is InChI=1S/C15H22FNO3/c1-3-12(17)9-11-6-7-14(13(16)10-11)20-8-4-5-15(18)19-2/h6-7,10,12H,3-5,8-9,17H2,1-2H3. The predicted octanol–water partition coefficient (Wildman–Crippen LogP) is 2.44. The minimum absolute atomic E-state index is 0.0428. The van der Waals surface area contributed by atoms with Crippen molar-refractivity contribution in [3.63, 3.8) is 0 Å². The Labute approximate surface area is 119 Å². The summed E-state index contributed by atoms with van der Waals surface area (Å²) < 4.78 is 23.6. The molecule has 112 valence electrons. The van der Waals surface area contributed by atoms with Crippen LogP contribution in [0.25, 0.3) is 0 Å². The van der Waals surface area contributed by atoms with Crippen molar-refractivity contribution in [1.82, 2.24) is 0 Å². The van der Waals surface area contributed by atoms with Crippen molar-refractivity contribution in [1.29, 1.82) is 0 Å². The third-order valence-electron chi connectivity index (χ3n) is 3.03. The molecule has 0 saturated heterocycles. The van der Waals surface area contributed by atoms with Gasteiger partial charge in [-0.25, -0.2) is 4.39 Å². The molecule has 20 heavy (non-hydrogen) atoms. The van der Waals surface area contributed by atoms with E-state index in [0.717, 1.165) is 12.0 Å². The van der Waals surface area contributed by atoms with E-state index in [1.54, 1.807) is 6.07 Å². The smallest absolute Gasteiger partial charge is 0.305 e. The highest BCUT2D eigenvalue weighted by atomic mass is 19.1. The summed E-state index contributed by atoms with van der Waals surface area (Å²) in [6.45, 7) is 2.28. The van der Waals surface area contributed by atoms with Crippen molar-refractivity contribution in [2.45, 2.75) is 38.6 Å². The van der Waals surface area contributed by atoms with Gasteiger partial charge in [0.25, 0.3) is 0 Å². The summed E-state index contributed by atoms with van der Waals surface area (Å²) in [5, 5.41) is 0. The van der Waals surface area contributed by atoms with Crippen molar-refractivity contribution < 1.29 is 18.7 Å². The number of rotatable bonds is 8. The van der Waals surface area contributed by atoms with Gasteiger partial charge < -0.3 is 15.2 Å². The van der Waals surface area contributed by atoms with Crippen molar-refractivity contribution in [2.24, 2.45) is 5.73 Å². The molecule has 0 aliphatic heterocycles. The lowest BCUT2D eigenvalue weighted by molar-refractivity contribution is -0.140. The van der Waals surface area contributed by atoms with E-state index in [0.29, 0.717) is 12.8 Å². The average molecular weight is 283 g/mol. The number of benzene rings is 1. The minimum Gasteiger partial charge on any atom is -0.491 e. The van der Waals surface area contributed by atoms with E-state index < -0.39 is 5.82 Å². The van der Waals surface area contributed by atoms with E-state index in [9.17, 15) is 9.18 Å². The van der Waals surface area contributed by atoms with Crippen LogP contribution >= 0.6 is 0 Å². The fourth-order valence-electron chi connectivity index (χ4n) is 1.74. The molecule has 0 aromatic heterocycles. The summed E-state index contributed by atoms with van der Waals surface area (Å²) >= 11 is 0. The highest BCUT2D eigenvalue weighted by Crippen LogP contribution is 2.19. The predicted molar refractivity (Wildman–Crippen MR) is 75.1 cm³/mol. The third-order valence-corrected chi connectivity index (χ3v) is 3.03. The molecule has 0 radical (unpaired) electrons. The summed E-state index contributed by atoms with van der Waals surface area (Å²) in [4.78, 5) is 10.9. The second-order valence-corrected chi connectivity index (χ2v) is 4.67. The van der Waals surface area contributed by atoms with Crippen molar-refractivity contribution >= 4 is 5.97 Å². The molecule has 1 rings (SSSR count). The number of esters is 1. The van der Waals surface area contributed by atoms with Gasteiger partial charge in [0, 0.05) is 12.5 Å². The van der Waals surface area contributed by atoms with Gasteiger partial charge in [-0.3, -0.25) is 4.79 Å². The molecule has 4 nitrogen and oxygen atoms in total. The lowest BCUT2D eigenvalue weighted by atomic mass is 10.0. The van der Waals surface area contributed by atoms with Crippen LogP contribution in [0.4, 0.5) is 4.39 Å². The molecule has 0 fully saturated rings. The van der Waals surface area contributed by atoms with Gasteiger partial charge in [0.2, 0.25) is 0 Å². The third kappa shape index (κ3) is 5.57. The highest BCUT2D eigenvalue weighted by Gasteiger charge is 2.08. The van der Waals surface area contributed by atoms with Crippen LogP contribution < -0.4 is 10.5 Å². The molecule has 0 amide bonds. The SMILES string of the molecule is CCC(N)Cc1ccc(OCCCC(=O)OC)c(F)c1. The molecular formula is C15H22FNO3. The lowest BCUT2D eigenvalue weighted by Gasteiger charge is -2.11. The molecule has 0 aliphatic rings. The van der Waals surface area contributed by atoms with Crippen molar-refractivity contribution in [2.75, 3.05) is 13.7 Å². The zero-order chi connectivity index (χ0) is 15.0. The van der Waals surface area contributed by atoms with Crippen LogP contribution in [0.2, 0.25) is 0 Å². The molecule has 1 aromatic rings. The Bertz CT molecular complexity index is 437. The van der Waals surface area contributed by atoms with Crippen LogP contribution in [0.15, 0.2) is 18.2 Å². The van der Waals surface area contributed by atoms with Gasteiger partial charge in [-0.1, -0.05) is 13.0 Å². The summed E-state index contributed by atoms with van der Waals surface area (Å²) in [6, 6.07) is 4.91. The van der Waals surface area contributed by atoms with Crippen LogP contribution in [-0.2, 0) is 16.0 Å². The van der Waals surface area contributed by atoms with Gasteiger partial charge in [0.05, 0.1) is 13.7 Å². The molecule has 0 bridgehead atoms. The molecule has 2 N–H and O–H groups in total. The summed E-state index contributed by atoms with van der Waals surface area (Å²) in [5.74, 6) is -0.495. The van der Waals surface area contributed by atoms with Crippen molar-refractivity contribution in [3.05, 3.63) is 29.6 Å². The highest BCUT2D eigenvalue weighted by molar-refractivity contribution is 5.69. The zero-order valence-corrected chi connectivity index (χ0v) is 12.0. The van der Waals surface area contributed by atoms with Gasteiger partial charge >= 0.3 is 5.97 Å². The Morgan fingerprint density at radius 3 is 2.80 bits per heavy atom. The second kappa shape index (κ2) is 8.53. The quantitative estimate of drug-likeness (QED) is 0.588. The lowest BCUT2D eigenvalue weighted by Crippen LogP contribution is -2.21. The van der Waals surface area contributed by atoms with E-state index in [-0.39, 0.29) is 30.8 Å². The fourth-order valence-corrected chi connectivity index (χ4v) is 1.74. The normalized spacial score (nSPS) is 12.0. The van der Waals surface area contributed by atoms with Crippen LogP contribution in [0, 0.1) is 5.82 Å². The average Bonchev–Trinajstić information content (AvgIpc) is 2.44. The topological polar surface area (TPSA) is 61.5 Å². The first-order valence-electron chi connectivity index (χ1n) is 6.80. The zero-order valence-electron chi connectivity index (χ0n) is 12.0. The number of carbonyl (C=O) groups is 1. The molecule has 0 heterocycles. The van der Waals surface area contributed by atoms with Crippen molar-refractivity contribution in [3.8, 4) is 5.75 Å². The van der Waals surface area contributed by atoms with E-state index >= 15 is 0 Å². The van der Waals surface area contributed by atoms with Crippen LogP contribution in [0.1, 0.15) is 31.7 Å². The number of hydrogen-bond donors (Lipinski definition) is 1. The number of nitrogens with two attached hydrogens (primary N) is 1. The number of hydrogen-bond acceptors (Lipinski definition) is 4. The first kappa shape index (κ1) is 16.4. The Hall–Kier alpha value is -1.62. The van der Waals surface area contributed by atoms with Gasteiger partial charge in [-0.05, 0) is 37.0 Å². The first-order chi connectivity index (χ1) is 9.56. The largest absolute Gasteiger partial charge is 0.491 e. The van der Waals surface area contributed by atoms with Crippen LogP contribution in [0.3, 0.4) is 0 Å². The molecule has 0 aliphatic carbocycles. The molecular weight excluding hydrogens is 261 g/mol. The number of methoxy groups -OCH3 is 1. The van der Waals surface area contributed by atoms with E-state index in [4.69, 9.17) is 10.5 Å². The second-order valence-electron chi connectivity index (χ2n) is 4.67. The maximum Gasteiger partial charge on any atom is 0.305 e. The Morgan fingerprint density at radius 2 is 2.20 bits per heavy atom. The fraction of sp³-hybridized carbons (Fsp3) is 0.533. The van der Waals surface area contributed by atoms with E-state index in [2.05, 4.69) is 4.74 Å². The molecule has 5 heteroatoms. The minimum atomic E-state index is -0.399. The number of ether oxygens (including phenoxy) is 2. The Balaban J connectivity index is 2.45. The van der Waals surface area contributed by atoms with E-state index in [1.165, 1.54) is 13.2 Å². The Morgan fingerprint density at radius 1 is 1.45 bits per heavy atom. The van der Waals surface area contributed by atoms with Crippen LogP contribution in [0.5, 0.6) is 5.75 Å². The van der Waals surface area contributed by atoms with Gasteiger partial charge in [-0.15, -0.1) is 0 Å². The molecule has 1 unspecified atom stereocenters. The maximum atomic E-state index is 13.8. The Kier molecular flexibility index (Phi) is 7.01. The van der Waals surface area contributed by atoms with Gasteiger partial charge in [0.1, 0.15) is 0 Å². The summed E-state index contributed by atoms with van der Waals surface area (Å²) in [6.07, 6.45) is 2.26.